The number of rotatable bonds is 20. The van der Waals surface area contributed by atoms with Gasteiger partial charge in [-0.2, -0.15) is 0 Å². The molecule has 2 heterocycles. The number of hydrogen-bond donors (Lipinski definition) is 2. The Morgan fingerprint density at radius 3 is 2.14 bits per heavy atom. The highest BCUT2D eigenvalue weighted by Gasteiger charge is 2.42. The Balaban J connectivity index is 0. The number of cyclic esters (lactones) is 1. The molecule has 0 aromatic rings. The van der Waals surface area contributed by atoms with Gasteiger partial charge in [0.25, 0.3) is 0 Å². The normalized spacial score (nSPS) is 30.1. The highest BCUT2D eigenvalue weighted by Crippen LogP contribution is 2.38. The fraction of sp³-hybridized carbons (Fsp3) is 0.796. The molecule has 0 amide bonds. The second-order valence-electron chi connectivity index (χ2n) is 17.4. The summed E-state index contributed by atoms with van der Waals surface area (Å²) in [7, 11) is 3.12. The zero-order valence-electron chi connectivity index (χ0n) is 42.8. The van der Waals surface area contributed by atoms with Gasteiger partial charge in [0.2, 0.25) is 0 Å². The van der Waals surface area contributed by atoms with E-state index in [9.17, 15) is 9.90 Å². The molecule has 0 spiro atoms. The van der Waals surface area contributed by atoms with E-state index in [1.165, 1.54) is 32.1 Å². The van der Waals surface area contributed by atoms with E-state index in [0.29, 0.717) is 44.8 Å². The lowest BCUT2D eigenvalue weighted by Crippen LogP contribution is -2.52. The summed E-state index contributed by atoms with van der Waals surface area (Å²) in [4.78, 5) is 16.2. The van der Waals surface area contributed by atoms with E-state index in [1.54, 1.807) is 0 Å². The lowest BCUT2D eigenvalue weighted by Gasteiger charge is -2.46. The van der Waals surface area contributed by atoms with Crippen LogP contribution in [-0.4, -0.2) is 98.0 Å². The minimum absolute atomic E-state index is 0.0514. The maximum Gasteiger partial charge on any atom is 0.308 e. The molecule has 2 aliphatic rings. The molecule has 2 N–H and O–H groups in total. The molecule has 1 saturated heterocycles. The van der Waals surface area contributed by atoms with Crippen molar-refractivity contribution < 1.29 is 38.7 Å². The number of ether oxygens (including phenoxy) is 5. The monoisotopic (exact) mass is 888 g/mol. The van der Waals surface area contributed by atoms with E-state index in [0.717, 1.165) is 44.1 Å². The second kappa shape index (κ2) is 37.7. The SMILES string of the molecule is C#C.C#CCCN(C)[C@@H]1C[C@H](O[C@H]2[C@@H](CC(OCC)OCC)C[C@@H](C)C(=C)/C=C/C(C)=C/[C@H](CCC(CCC)CCCC)[C@@H](CC)OC(=O)C[C@@H](O)[C@@H]2C)O[C@H](C)[C@H]1C.CC.CO. The molecule has 2 rings (SSSR count). The van der Waals surface area contributed by atoms with Crippen molar-refractivity contribution in [3.63, 3.8) is 0 Å². The first kappa shape index (κ1) is 62.6. The first-order valence-corrected chi connectivity index (χ1v) is 24.6. The molecule has 1 fully saturated rings. The van der Waals surface area contributed by atoms with Gasteiger partial charge >= 0.3 is 5.97 Å². The summed E-state index contributed by atoms with van der Waals surface area (Å²) >= 11 is 0. The average Bonchev–Trinajstić information content (AvgIpc) is 3.28. The third kappa shape index (κ3) is 24.0. The molecule has 1 unspecified atom stereocenters. The van der Waals surface area contributed by atoms with Crippen LogP contribution in [0.25, 0.3) is 0 Å². The largest absolute Gasteiger partial charge is 0.462 e. The number of esters is 1. The van der Waals surface area contributed by atoms with Gasteiger partial charge in [-0.05, 0) is 84.1 Å². The van der Waals surface area contributed by atoms with Gasteiger partial charge in [-0.25, -0.2) is 0 Å². The van der Waals surface area contributed by atoms with Crippen molar-refractivity contribution in [3.05, 3.63) is 36.0 Å². The zero-order chi connectivity index (χ0) is 48.5. The molecular weight excluding hydrogens is 791 g/mol. The van der Waals surface area contributed by atoms with Gasteiger partial charge in [0.15, 0.2) is 12.6 Å². The van der Waals surface area contributed by atoms with Crippen LogP contribution < -0.4 is 0 Å². The molecule has 366 valence electrons. The number of allylic oxidation sites excluding steroid dienone is 4. The number of hydrogen-bond acceptors (Lipinski definition) is 9. The van der Waals surface area contributed by atoms with E-state index >= 15 is 0 Å². The molecule has 2 aliphatic heterocycles. The molecule has 0 bridgehead atoms. The Morgan fingerprint density at radius 1 is 0.952 bits per heavy atom. The van der Waals surface area contributed by atoms with Crippen LogP contribution in [0.4, 0.5) is 0 Å². The summed E-state index contributed by atoms with van der Waals surface area (Å²) in [5, 5.41) is 19.0. The van der Waals surface area contributed by atoms with E-state index in [1.807, 2.05) is 34.6 Å². The molecular formula is C54H97NO8. The number of unbranched alkanes of at least 4 members (excludes halogenated alkanes) is 1. The third-order valence-corrected chi connectivity index (χ3v) is 12.9. The number of aliphatic hydroxyl groups excluding tert-OH is 2. The van der Waals surface area contributed by atoms with Crippen molar-refractivity contribution in [2.24, 2.45) is 35.5 Å². The molecule has 0 radical (unpaired) electrons. The summed E-state index contributed by atoms with van der Waals surface area (Å²) in [6, 6.07) is 0.203. The van der Waals surface area contributed by atoms with Crippen molar-refractivity contribution in [1.82, 2.24) is 4.90 Å². The molecule has 9 heteroatoms. The second-order valence-corrected chi connectivity index (χ2v) is 17.4. The smallest absolute Gasteiger partial charge is 0.308 e. The Kier molecular flexibility index (Phi) is 37.5. The average molecular weight is 888 g/mol. The fourth-order valence-corrected chi connectivity index (χ4v) is 9.03. The highest BCUT2D eigenvalue weighted by molar-refractivity contribution is 5.70. The van der Waals surface area contributed by atoms with E-state index in [4.69, 9.17) is 35.2 Å². The predicted molar refractivity (Wildman–Crippen MR) is 264 cm³/mol. The van der Waals surface area contributed by atoms with Gasteiger partial charge in [0, 0.05) is 64.0 Å². The summed E-state index contributed by atoms with van der Waals surface area (Å²) in [6.07, 6.45) is 28.8. The van der Waals surface area contributed by atoms with Crippen LogP contribution >= 0.6 is 0 Å². The lowest BCUT2D eigenvalue weighted by molar-refractivity contribution is -0.260. The lowest BCUT2D eigenvalue weighted by atomic mass is 9.78. The molecule has 63 heavy (non-hydrogen) atoms. The number of terminal acetylenes is 2. The topological polar surface area (TPSA) is 107 Å². The van der Waals surface area contributed by atoms with Crippen molar-refractivity contribution in [3.8, 4) is 25.2 Å². The number of carbonyl (C=O) groups excluding carboxylic acids is 1. The van der Waals surface area contributed by atoms with Crippen molar-refractivity contribution in [2.75, 3.05) is 33.9 Å². The minimum atomic E-state index is -1.00. The Labute approximate surface area is 388 Å². The van der Waals surface area contributed by atoms with Crippen LogP contribution in [0, 0.1) is 60.7 Å². The Morgan fingerprint density at radius 2 is 1.59 bits per heavy atom. The molecule has 0 saturated carbocycles. The van der Waals surface area contributed by atoms with Crippen LogP contribution in [0.5, 0.6) is 0 Å². The van der Waals surface area contributed by atoms with Gasteiger partial charge in [0.05, 0.1) is 24.7 Å². The highest BCUT2D eigenvalue weighted by atomic mass is 16.7. The van der Waals surface area contributed by atoms with Gasteiger partial charge in [0.1, 0.15) is 6.10 Å². The van der Waals surface area contributed by atoms with Gasteiger partial charge in [-0.3, -0.25) is 4.79 Å². The molecule has 0 aliphatic carbocycles. The zero-order valence-corrected chi connectivity index (χ0v) is 42.8. The first-order chi connectivity index (χ1) is 30.2. The molecule has 0 aromatic heterocycles. The molecule has 0 aromatic carbocycles. The van der Waals surface area contributed by atoms with Gasteiger partial charge < -0.3 is 38.8 Å². The van der Waals surface area contributed by atoms with Crippen LogP contribution in [0.2, 0.25) is 0 Å². The summed E-state index contributed by atoms with van der Waals surface area (Å²) in [5.74, 6) is 2.97. The molecule has 9 nitrogen and oxygen atoms in total. The quantitative estimate of drug-likeness (QED) is 0.0702. The number of carbonyl (C=O) groups is 1. The van der Waals surface area contributed by atoms with E-state index < -0.39 is 30.7 Å². The summed E-state index contributed by atoms with van der Waals surface area (Å²) in [6.45, 7) is 31.6. The van der Waals surface area contributed by atoms with Crippen molar-refractivity contribution in [1.29, 1.82) is 0 Å². The Bertz CT molecular complexity index is 1280. The van der Waals surface area contributed by atoms with Gasteiger partial charge in [-0.15, -0.1) is 25.2 Å². The minimum Gasteiger partial charge on any atom is -0.462 e. The third-order valence-electron chi connectivity index (χ3n) is 12.9. The Hall–Kier alpha value is -2.47. The van der Waals surface area contributed by atoms with E-state index in [-0.39, 0.29) is 54.3 Å². The van der Waals surface area contributed by atoms with Crippen LogP contribution in [0.15, 0.2) is 36.0 Å². The number of aliphatic hydroxyl groups is 2. The van der Waals surface area contributed by atoms with Gasteiger partial charge in [-0.1, -0.05) is 123 Å². The number of nitrogens with zero attached hydrogens (tertiary/aromatic N) is 1. The molecule has 12 atom stereocenters. The van der Waals surface area contributed by atoms with Crippen LogP contribution in [0.3, 0.4) is 0 Å². The van der Waals surface area contributed by atoms with Crippen molar-refractivity contribution in [2.45, 2.75) is 210 Å². The van der Waals surface area contributed by atoms with E-state index in [2.05, 4.69) is 104 Å². The summed E-state index contributed by atoms with van der Waals surface area (Å²) in [5.41, 5.74) is 2.16. The maximum atomic E-state index is 13.9. The van der Waals surface area contributed by atoms with Crippen LogP contribution in [0.1, 0.15) is 167 Å². The fourth-order valence-electron chi connectivity index (χ4n) is 9.03. The standard InChI is InChI=1S/C49H85NO7.C2H6.C2H2.CH4O/c1-14-20-23-40(22-16-3)26-27-41-29-34(7)24-25-35(8)36(9)30-42(31-47(53-18-5)54-19-6)49(38(11)44(51)33-46(52)56-45(41)17-4)57-48-32-43(37(10)39(12)55-48)50(13)28-21-15-2;3*1-2/h2,24-25,29,36-45,47-49,51H,8,14,16-23,26-28,30-33H2,1,3-7,9-13H3;1-2H3;1-2H;2H,1H3/b25-24+,34-29+;;;/t36-,37-,38+,39-,40?,41+,42-,43-,44-,45-,48+,49-;;;/m1.../s1. The first-order valence-electron chi connectivity index (χ1n) is 24.6. The van der Waals surface area contributed by atoms with Crippen LogP contribution in [-0.2, 0) is 28.5 Å². The summed E-state index contributed by atoms with van der Waals surface area (Å²) < 4.78 is 32.3. The predicted octanol–water partition coefficient (Wildman–Crippen LogP) is 11.6. The van der Waals surface area contributed by atoms with Crippen molar-refractivity contribution >= 4 is 5.97 Å². The maximum absolute atomic E-state index is 13.9.